The molecule has 2 unspecified atom stereocenters. The van der Waals surface area contributed by atoms with E-state index in [4.69, 9.17) is 9.47 Å². The Bertz CT molecular complexity index is 981. The third-order valence-electron chi connectivity index (χ3n) is 5.99. The Kier molecular flexibility index (Phi) is 15.5. The number of alkyl carbamates (subject to hydrolysis) is 1. The number of amides is 3. The van der Waals surface area contributed by atoms with E-state index in [2.05, 4.69) is 30.2 Å². The molecule has 0 saturated carbocycles. The zero-order valence-corrected chi connectivity index (χ0v) is 25.6. The molecule has 40 heavy (non-hydrogen) atoms. The standard InChI is InChI=1S/C29H47N3O7S/c1-7-9-10-11-12-17-32(27(36)22(19-40)31-28(37)39-29(4,5)6)25(21-13-14-23(33)20(3)18-21)26(35)30-16-15-24(34)38-8-2/h13-14,18,22,25,33,40H,7-12,15-17,19H2,1-6H3,(H,30,35)(H,31,37). The largest absolute Gasteiger partial charge is 0.508 e. The lowest BCUT2D eigenvalue weighted by molar-refractivity contribution is -0.144. The highest BCUT2D eigenvalue weighted by Gasteiger charge is 2.36. The number of hydrogen-bond donors (Lipinski definition) is 4. The molecule has 0 aliphatic carbocycles. The molecule has 0 radical (unpaired) electrons. The topological polar surface area (TPSA) is 134 Å². The Morgan fingerprint density at radius 3 is 2.33 bits per heavy atom. The highest BCUT2D eigenvalue weighted by molar-refractivity contribution is 7.80. The molecule has 3 amide bonds. The number of phenols is 1. The van der Waals surface area contributed by atoms with E-state index in [0.717, 1.165) is 25.7 Å². The van der Waals surface area contributed by atoms with Gasteiger partial charge in [-0.3, -0.25) is 14.4 Å². The second kappa shape index (κ2) is 17.7. The van der Waals surface area contributed by atoms with Crippen LogP contribution in [0.4, 0.5) is 4.79 Å². The van der Waals surface area contributed by atoms with Crippen molar-refractivity contribution < 1.29 is 33.8 Å². The SMILES string of the molecule is CCCCCCCN(C(=O)C(CS)NC(=O)OC(C)(C)C)C(C(=O)NCCC(=O)OCC)c1ccc(O)c(C)c1. The van der Waals surface area contributed by atoms with E-state index >= 15 is 0 Å². The summed E-state index contributed by atoms with van der Waals surface area (Å²) in [7, 11) is 0. The van der Waals surface area contributed by atoms with E-state index in [9.17, 15) is 24.3 Å². The van der Waals surface area contributed by atoms with Crippen molar-refractivity contribution in [1.82, 2.24) is 15.5 Å². The quantitative estimate of drug-likeness (QED) is 0.129. The Balaban J connectivity index is 3.38. The molecule has 2 atom stereocenters. The van der Waals surface area contributed by atoms with Crippen LogP contribution in [0.25, 0.3) is 0 Å². The molecule has 10 nitrogen and oxygen atoms in total. The summed E-state index contributed by atoms with van der Waals surface area (Å²) < 4.78 is 10.3. The predicted molar refractivity (Wildman–Crippen MR) is 157 cm³/mol. The van der Waals surface area contributed by atoms with Crippen LogP contribution in [0.1, 0.15) is 90.3 Å². The van der Waals surface area contributed by atoms with Crippen molar-refractivity contribution >= 4 is 36.5 Å². The average molecular weight is 582 g/mol. The van der Waals surface area contributed by atoms with Gasteiger partial charge in [0.05, 0.1) is 13.0 Å². The second-order valence-corrected chi connectivity index (χ2v) is 11.0. The van der Waals surface area contributed by atoms with Gasteiger partial charge in [-0.1, -0.05) is 38.7 Å². The van der Waals surface area contributed by atoms with Crippen molar-refractivity contribution in [2.45, 2.75) is 97.8 Å². The smallest absolute Gasteiger partial charge is 0.408 e. The molecule has 0 saturated heterocycles. The molecular weight excluding hydrogens is 534 g/mol. The molecule has 0 aromatic heterocycles. The van der Waals surface area contributed by atoms with Crippen LogP contribution in [0.5, 0.6) is 5.75 Å². The highest BCUT2D eigenvalue weighted by atomic mass is 32.1. The summed E-state index contributed by atoms with van der Waals surface area (Å²) in [6.45, 7) is 11.2. The van der Waals surface area contributed by atoms with Crippen molar-refractivity contribution in [3.05, 3.63) is 29.3 Å². The molecule has 0 fully saturated rings. The van der Waals surface area contributed by atoms with Crippen molar-refractivity contribution in [2.75, 3.05) is 25.4 Å². The number of unbranched alkanes of at least 4 members (excludes halogenated alkanes) is 4. The van der Waals surface area contributed by atoms with Gasteiger partial charge in [0.15, 0.2) is 0 Å². The number of nitrogens with zero attached hydrogens (tertiary/aromatic N) is 1. The van der Waals surface area contributed by atoms with Crippen LogP contribution in [-0.4, -0.2) is 71.0 Å². The fourth-order valence-electron chi connectivity index (χ4n) is 4.03. The number of nitrogens with one attached hydrogen (secondary N) is 2. The number of hydrogen-bond acceptors (Lipinski definition) is 8. The molecule has 0 spiro atoms. The summed E-state index contributed by atoms with van der Waals surface area (Å²) in [6, 6.07) is 2.58. The minimum Gasteiger partial charge on any atom is -0.508 e. The molecule has 11 heteroatoms. The number of carbonyl (C=O) groups is 4. The number of carbonyl (C=O) groups excluding carboxylic acids is 4. The third kappa shape index (κ3) is 12.5. The molecule has 0 aliphatic heterocycles. The van der Waals surface area contributed by atoms with Gasteiger partial charge in [-0.25, -0.2) is 4.79 Å². The summed E-state index contributed by atoms with van der Waals surface area (Å²) in [5, 5.41) is 15.4. The van der Waals surface area contributed by atoms with E-state index in [0.29, 0.717) is 17.5 Å². The molecule has 1 aromatic rings. The highest BCUT2D eigenvalue weighted by Crippen LogP contribution is 2.28. The van der Waals surface area contributed by atoms with Crippen LogP contribution in [0.15, 0.2) is 18.2 Å². The Hall–Kier alpha value is -2.95. The summed E-state index contributed by atoms with van der Waals surface area (Å²) in [6.07, 6.45) is 3.81. The van der Waals surface area contributed by atoms with Crippen molar-refractivity contribution in [2.24, 2.45) is 0 Å². The van der Waals surface area contributed by atoms with Crippen LogP contribution in [-0.2, 0) is 23.9 Å². The molecular formula is C29H47N3O7S. The minimum absolute atomic E-state index is 0.0176. The fraction of sp³-hybridized carbons (Fsp3) is 0.655. The van der Waals surface area contributed by atoms with Crippen LogP contribution < -0.4 is 10.6 Å². The Morgan fingerprint density at radius 1 is 1.07 bits per heavy atom. The van der Waals surface area contributed by atoms with Gasteiger partial charge in [-0.05, 0) is 64.3 Å². The number of esters is 1. The van der Waals surface area contributed by atoms with E-state index in [-0.39, 0.29) is 37.6 Å². The van der Waals surface area contributed by atoms with Gasteiger partial charge in [0.25, 0.3) is 0 Å². The van der Waals surface area contributed by atoms with Gasteiger partial charge in [0, 0.05) is 18.8 Å². The first-order valence-corrected chi connectivity index (χ1v) is 14.6. The first-order valence-electron chi connectivity index (χ1n) is 14.0. The van der Waals surface area contributed by atoms with Gasteiger partial charge < -0.3 is 30.1 Å². The number of thiol groups is 1. The van der Waals surface area contributed by atoms with Gasteiger partial charge in [0.1, 0.15) is 23.4 Å². The van der Waals surface area contributed by atoms with Gasteiger partial charge in [0.2, 0.25) is 11.8 Å². The lowest BCUT2D eigenvalue weighted by Crippen LogP contribution is -2.54. The maximum Gasteiger partial charge on any atom is 0.408 e. The average Bonchev–Trinajstić information content (AvgIpc) is 2.87. The van der Waals surface area contributed by atoms with Crippen molar-refractivity contribution in [3.8, 4) is 5.75 Å². The van der Waals surface area contributed by atoms with Gasteiger partial charge >= 0.3 is 12.1 Å². The molecule has 226 valence electrons. The van der Waals surface area contributed by atoms with Gasteiger partial charge in [-0.2, -0.15) is 12.6 Å². The number of benzene rings is 1. The zero-order valence-electron chi connectivity index (χ0n) is 24.7. The zero-order chi connectivity index (χ0) is 30.3. The predicted octanol–water partition coefficient (Wildman–Crippen LogP) is 4.43. The number of rotatable bonds is 16. The van der Waals surface area contributed by atoms with Crippen LogP contribution in [0, 0.1) is 6.92 Å². The fourth-order valence-corrected chi connectivity index (χ4v) is 4.27. The maximum absolute atomic E-state index is 13.9. The molecule has 1 rings (SSSR count). The summed E-state index contributed by atoms with van der Waals surface area (Å²) in [5.41, 5.74) is 0.258. The summed E-state index contributed by atoms with van der Waals surface area (Å²) >= 11 is 4.31. The number of aromatic hydroxyl groups is 1. The Morgan fingerprint density at radius 2 is 1.75 bits per heavy atom. The van der Waals surface area contributed by atoms with Crippen LogP contribution >= 0.6 is 12.6 Å². The molecule has 3 N–H and O–H groups in total. The monoisotopic (exact) mass is 581 g/mol. The number of aryl methyl sites for hydroxylation is 1. The third-order valence-corrected chi connectivity index (χ3v) is 6.35. The minimum atomic E-state index is -1.08. The Labute approximate surface area is 244 Å². The van der Waals surface area contributed by atoms with Crippen LogP contribution in [0.3, 0.4) is 0 Å². The first-order chi connectivity index (χ1) is 18.8. The molecule has 1 aromatic carbocycles. The number of phenolic OH excluding ortho intramolecular Hbond substituents is 1. The number of ether oxygens (including phenoxy) is 2. The van der Waals surface area contributed by atoms with Crippen molar-refractivity contribution in [3.63, 3.8) is 0 Å². The maximum atomic E-state index is 13.9. The van der Waals surface area contributed by atoms with E-state index < -0.39 is 41.6 Å². The van der Waals surface area contributed by atoms with E-state index in [1.807, 2.05) is 0 Å². The van der Waals surface area contributed by atoms with Gasteiger partial charge in [-0.15, -0.1) is 0 Å². The summed E-state index contributed by atoms with van der Waals surface area (Å²) in [5.74, 6) is -1.39. The molecule has 0 aliphatic rings. The second-order valence-electron chi connectivity index (χ2n) is 10.6. The molecule has 0 bridgehead atoms. The summed E-state index contributed by atoms with van der Waals surface area (Å²) in [4.78, 5) is 53.3. The first kappa shape index (κ1) is 35.1. The van der Waals surface area contributed by atoms with Crippen LogP contribution in [0.2, 0.25) is 0 Å². The normalized spacial score (nSPS) is 12.7. The lowest BCUT2D eigenvalue weighted by atomic mass is 9.99. The van der Waals surface area contributed by atoms with E-state index in [1.165, 1.54) is 11.0 Å². The van der Waals surface area contributed by atoms with Crippen molar-refractivity contribution in [1.29, 1.82) is 0 Å². The lowest BCUT2D eigenvalue weighted by Gasteiger charge is -2.34. The van der Waals surface area contributed by atoms with E-state index in [1.54, 1.807) is 46.8 Å². The molecule has 0 heterocycles.